The Kier molecular flexibility index (Phi) is 4.34. The average Bonchev–Trinajstić information content (AvgIpc) is 2.73. The van der Waals surface area contributed by atoms with Gasteiger partial charge in [-0.15, -0.1) is 11.3 Å². The van der Waals surface area contributed by atoms with Gasteiger partial charge in [0.25, 0.3) is 0 Å². The van der Waals surface area contributed by atoms with Crippen LogP contribution < -0.4 is 5.32 Å². The molecular weight excluding hydrogens is 274 g/mol. The van der Waals surface area contributed by atoms with Gasteiger partial charge in [0.05, 0.1) is 22.1 Å². The minimum absolute atomic E-state index is 0.241. The molecule has 0 aliphatic carbocycles. The van der Waals surface area contributed by atoms with Gasteiger partial charge in [0.2, 0.25) is 0 Å². The van der Waals surface area contributed by atoms with Crippen molar-refractivity contribution in [2.24, 2.45) is 0 Å². The molecule has 106 valence electrons. The van der Waals surface area contributed by atoms with E-state index < -0.39 is 5.97 Å². The number of carboxylic acids is 1. The fourth-order valence-corrected chi connectivity index (χ4v) is 2.73. The number of carboxylic acid groups (broad SMARTS) is 1. The standard InChI is InChI=1S/C14H17N3O2S/c1-8-6-12(13(14(18)19)9(2)16-8)15-5-4-11-7-20-10(3)17-11/h6-7H,4-5H2,1-3H3,(H,15,16)(H,18,19). The summed E-state index contributed by atoms with van der Waals surface area (Å²) in [6, 6.07) is 1.77. The Morgan fingerprint density at radius 1 is 1.35 bits per heavy atom. The zero-order chi connectivity index (χ0) is 14.7. The molecule has 2 aromatic rings. The number of aromatic nitrogens is 2. The quantitative estimate of drug-likeness (QED) is 0.886. The van der Waals surface area contributed by atoms with Crippen molar-refractivity contribution in [2.75, 3.05) is 11.9 Å². The van der Waals surface area contributed by atoms with E-state index in [-0.39, 0.29) is 5.56 Å². The zero-order valence-corrected chi connectivity index (χ0v) is 12.5. The van der Waals surface area contributed by atoms with Crippen LogP contribution >= 0.6 is 11.3 Å². The zero-order valence-electron chi connectivity index (χ0n) is 11.7. The van der Waals surface area contributed by atoms with Gasteiger partial charge in [-0.05, 0) is 26.8 Å². The van der Waals surface area contributed by atoms with Crippen molar-refractivity contribution in [1.29, 1.82) is 0 Å². The molecule has 0 fully saturated rings. The second-order valence-electron chi connectivity index (χ2n) is 4.61. The van der Waals surface area contributed by atoms with Crippen LogP contribution in [0.3, 0.4) is 0 Å². The molecule has 0 saturated carbocycles. The number of hydrogen-bond donors (Lipinski definition) is 2. The van der Waals surface area contributed by atoms with Gasteiger partial charge in [0, 0.05) is 24.0 Å². The highest BCUT2D eigenvalue weighted by Crippen LogP contribution is 2.20. The van der Waals surface area contributed by atoms with Crippen LogP contribution in [0.1, 0.15) is 32.4 Å². The van der Waals surface area contributed by atoms with Crippen molar-refractivity contribution in [2.45, 2.75) is 27.2 Å². The first-order valence-corrected chi connectivity index (χ1v) is 7.21. The highest BCUT2D eigenvalue weighted by Gasteiger charge is 2.15. The Hall–Kier alpha value is -1.95. The highest BCUT2D eigenvalue weighted by molar-refractivity contribution is 7.09. The Morgan fingerprint density at radius 2 is 2.10 bits per heavy atom. The summed E-state index contributed by atoms with van der Waals surface area (Å²) in [5.74, 6) is -0.956. The lowest BCUT2D eigenvalue weighted by Crippen LogP contribution is -2.12. The Balaban J connectivity index is 2.10. The lowest BCUT2D eigenvalue weighted by Gasteiger charge is -2.12. The molecule has 0 saturated heterocycles. The minimum Gasteiger partial charge on any atom is -0.478 e. The van der Waals surface area contributed by atoms with Gasteiger partial charge in [0.15, 0.2) is 0 Å². The van der Waals surface area contributed by atoms with Crippen LogP contribution in [0.25, 0.3) is 0 Å². The number of carbonyl (C=O) groups is 1. The number of thiazole rings is 1. The fourth-order valence-electron chi connectivity index (χ4n) is 2.09. The molecule has 2 rings (SSSR count). The molecule has 0 amide bonds. The smallest absolute Gasteiger partial charge is 0.339 e. The first kappa shape index (κ1) is 14.5. The van der Waals surface area contributed by atoms with Crippen LogP contribution in [-0.4, -0.2) is 27.6 Å². The highest BCUT2D eigenvalue weighted by atomic mass is 32.1. The van der Waals surface area contributed by atoms with E-state index in [1.807, 2.05) is 19.2 Å². The molecular formula is C14H17N3O2S. The summed E-state index contributed by atoms with van der Waals surface area (Å²) in [4.78, 5) is 19.9. The third-order valence-electron chi connectivity index (χ3n) is 2.91. The van der Waals surface area contributed by atoms with Crippen molar-refractivity contribution in [3.05, 3.63) is 39.1 Å². The maximum Gasteiger partial charge on any atom is 0.339 e. The minimum atomic E-state index is -0.956. The number of aromatic carboxylic acids is 1. The number of nitrogens with zero attached hydrogens (tertiary/aromatic N) is 2. The average molecular weight is 291 g/mol. The van der Waals surface area contributed by atoms with E-state index >= 15 is 0 Å². The number of hydrogen-bond acceptors (Lipinski definition) is 5. The second kappa shape index (κ2) is 6.00. The number of pyridine rings is 1. The van der Waals surface area contributed by atoms with Crippen molar-refractivity contribution >= 4 is 23.0 Å². The monoisotopic (exact) mass is 291 g/mol. The maximum absolute atomic E-state index is 11.3. The van der Waals surface area contributed by atoms with Crippen LogP contribution in [0.5, 0.6) is 0 Å². The molecule has 0 unspecified atom stereocenters. The normalized spacial score (nSPS) is 10.6. The van der Waals surface area contributed by atoms with Crippen molar-refractivity contribution in [3.8, 4) is 0 Å². The lowest BCUT2D eigenvalue weighted by molar-refractivity contribution is 0.0696. The number of rotatable bonds is 5. The summed E-state index contributed by atoms with van der Waals surface area (Å²) < 4.78 is 0. The summed E-state index contributed by atoms with van der Waals surface area (Å²) in [7, 11) is 0. The predicted octanol–water partition coefficient (Wildman–Crippen LogP) is 2.82. The fraction of sp³-hybridized carbons (Fsp3) is 0.357. The molecule has 0 aliphatic rings. The Bertz CT molecular complexity index is 637. The first-order chi connectivity index (χ1) is 9.47. The molecule has 0 radical (unpaired) electrons. The van der Waals surface area contributed by atoms with Crippen molar-refractivity contribution < 1.29 is 9.90 Å². The van der Waals surface area contributed by atoms with Crippen molar-refractivity contribution in [3.63, 3.8) is 0 Å². The lowest BCUT2D eigenvalue weighted by atomic mass is 10.1. The SMILES string of the molecule is Cc1cc(NCCc2csc(C)n2)c(C(=O)O)c(C)n1. The van der Waals surface area contributed by atoms with Crippen LogP contribution in [0.15, 0.2) is 11.4 Å². The Morgan fingerprint density at radius 3 is 2.70 bits per heavy atom. The van der Waals surface area contributed by atoms with Gasteiger partial charge in [-0.25, -0.2) is 9.78 Å². The first-order valence-electron chi connectivity index (χ1n) is 6.34. The Labute approximate surface area is 121 Å². The molecule has 2 N–H and O–H groups in total. The summed E-state index contributed by atoms with van der Waals surface area (Å²) >= 11 is 1.62. The van der Waals surface area contributed by atoms with Gasteiger partial charge in [-0.3, -0.25) is 4.98 Å². The van der Waals surface area contributed by atoms with Crippen LogP contribution in [0.2, 0.25) is 0 Å². The molecule has 0 spiro atoms. The molecule has 0 aliphatic heterocycles. The number of anilines is 1. The molecule has 0 bridgehead atoms. The van der Waals surface area contributed by atoms with E-state index in [2.05, 4.69) is 15.3 Å². The molecule has 5 nitrogen and oxygen atoms in total. The van der Waals surface area contributed by atoms with Crippen LogP contribution in [0, 0.1) is 20.8 Å². The van der Waals surface area contributed by atoms with Gasteiger partial charge in [-0.1, -0.05) is 0 Å². The third-order valence-corrected chi connectivity index (χ3v) is 3.73. The molecule has 20 heavy (non-hydrogen) atoms. The van der Waals surface area contributed by atoms with Gasteiger partial charge in [0.1, 0.15) is 5.56 Å². The summed E-state index contributed by atoms with van der Waals surface area (Å²) in [5, 5.41) is 15.5. The van der Waals surface area contributed by atoms with Crippen molar-refractivity contribution in [1.82, 2.24) is 9.97 Å². The summed E-state index contributed by atoms with van der Waals surface area (Å²) in [5.41, 5.74) is 3.22. The van der Waals surface area contributed by atoms with E-state index in [0.717, 1.165) is 22.8 Å². The largest absolute Gasteiger partial charge is 0.478 e. The van der Waals surface area contributed by atoms with E-state index in [1.165, 1.54) is 0 Å². The van der Waals surface area contributed by atoms with Crippen LogP contribution in [0.4, 0.5) is 5.69 Å². The maximum atomic E-state index is 11.3. The molecule has 2 heterocycles. The molecule has 0 aromatic carbocycles. The van der Waals surface area contributed by atoms with Gasteiger partial charge >= 0.3 is 5.97 Å². The number of aryl methyl sites for hydroxylation is 3. The topological polar surface area (TPSA) is 75.1 Å². The summed E-state index contributed by atoms with van der Waals surface area (Å²) in [6.45, 7) is 6.19. The second-order valence-corrected chi connectivity index (χ2v) is 5.67. The van der Waals surface area contributed by atoms with Crippen LogP contribution in [-0.2, 0) is 6.42 Å². The van der Waals surface area contributed by atoms with Gasteiger partial charge in [-0.2, -0.15) is 0 Å². The van der Waals surface area contributed by atoms with E-state index in [1.54, 1.807) is 24.3 Å². The molecule has 2 aromatic heterocycles. The predicted molar refractivity (Wildman–Crippen MR) is 79.7 cm³/mol. The third kappa shape index (κ3) is 3.33. The van der Waals surface area contributed by atoms with Gasteiger partial charge < -0.3 is 10.4 Å². The molecule has 6 heteroatoms. The van der Waals surface area contributed by atoms with E-state index in [4.69, 9.17) is 0 Å². The van der Waals surface area contributed by atoms with E-state index in [9.17, 15) is 9.90 Å². The number of nitrogens with one attached hydrogen (secondary N) is 1. The molecule has 0 atom stereocenters. The summed E-state index contributed by atoms with van der Waals surface area (Å²) in [6.07, 6.45) is 0.768. The van der Waals surface area contributed by atoms with E-state index in [0.29, 0.717) is 17.9 Å².